The van der Waals surface area contributed by atoms with Crippen LogP contribution in [-0.4, -0.2) is 10.3 Å². The van der Waals surface area contributed by atoms with E-state index in [0.717, 1.165) is 16.6 Å². The van der Waals surface area contributed by atoms with Crippen molar-refractivity contribution in [3.63, 3.8) is 0 Å². The van der Waals surface area contributed by atoms with Crippen molar-refractivity contribution in [2.75, 3.05) is 0 Å². The van der Waals surface area contributed by atoms with Crippen LogP contribution in [0, 0.1) is 0 Å². The van der Waals surface area contributed by atoms with Gasteiger partial charge in [-0.1, -0.05) is 66.8 Å². The maximum Gasteiger partial charge on any atom is 0.235 e. The molecule has 1 unspecified atom stereocenters. The summed E-state index contributed by atoms with van der Waals surface area (Å²) in [4.78, 5) is 0. The number of hydrogen-bond donors (Lipinski definition) is 0. The minimum atomic E-state index is 0.0802. The molecule has 0 saturated carbocycles. The van der Waals surface area contributed by atoms with Crippen LogP contribution in [0.3, 0.4) is 0 Å². The van der Waals surface area contributed by atoms with Crippen molar-refractivity contribution in [3.05, 3.63) is 121 Å². The van der Waals surface area contributed by atoms with Crippen molar-refractivity contribution < 1.29 is 4.42 Å². The van der Waals surface area contributed by atoms with Crippen LogP contribution in [0.25, 0.3) is 63.9 Å². The molecule has 4 heteroatoms. The number of benzene rings is 5. The van der Waals surface area contributed by atoms with Crippen LogP contribution in [0.1, 0.15) is 6.04 Å². The van der Waals surface area contributed by atoms with Crippen LogP contribution in [0.15, 0.2) is 126 Å². The van der Waals surface area contributed by atoms with E-state index in [1.807, 2.05) is 17.4 Å². The summed E-state index contributed by atoms with van der Waals surface area (Å²) in [5, 5.41) is 7.51. The van der Waals surface area contributed by atoms with Gasteiger partial charge in [-0.25, -0.2) is 0 Å². The molecule has 1 aliphatic heterocycles. The van der Waals surface area contributed by atoms with Crippen molar-refractivity contribution in [2.45, 2.75) is 6.04 Å². The normalized spacial score (nSPS) is 16.4. The van der Waals surface area contributed by atoms with E-state index in [0.29, 0.717) is 0 Å². The Bertz CT molecular complexity index is 2500. The second kappa shape index (κ2) is 7.38. The fraction of sp³-hybridized carbons (Fsp3) is 0.0278. The maximum atomic E-state index is 6.34. The predicted molar refractivity (Wildman–Crippen MR) is 170 cm³/mol. The molecular weight excluding hydrogens is 508 g/mol. The largest absolute Gasteiger partial charge is 0.456 e. The number of rotatable bonds is 1. The Labute approximate surface area is 232 Å². The van der Waals surface area contributed by atoms with E-state index in [-0.39, 0.29) is 6.04 Å². The lowest BCUT2D eigenvalue weighted by atomic mass is 10.0. The molecular formula is C36H21N2OS+. The molecule has 10 rings (SSSR count). The van der Waals surface area contributed by atoms with E-state index in [1.54, 1.807) is 0 Å². The number of nitrogens with zero attached hydrogens (tertiary/aromatic N) is 2. The van der Waals surface area contributed by atoms with Crippen molar-refractivity contribution >= 4 is 92.3 Å². The van der Waals surface area contributed by atoms with E-state index < -0.39 is 0 Å². The minimum absolute atomic E-state index is 0.0802. The summed E-state index contributed by atoms with van der Waals surface area (Å²) < 4.78 is 14.0. The van der Waals surface area contributed by atoms with Gasteiger partial charge in [-0.15, -0.1) is 11.3 Å². The van der Waals surface area contributed by atoms with Crippen LogP contribution in [0.2, 0.25) is 0 Å². The molecule has 8 aromatic rings. The summed E-state index contributed by atoms with van der Waals surface area (Å²) in [5.74, 6) is 0. The molecule has 186 valence electrons. The van der Waals surface area contributed by atoms with Crippen LogP contribution in [0.4, 0.5) is 11.4 Å². The van der Waals surface area contributed by atoms with Gasteiger partial charge in [0.25, 0.3) is 0 Å². The number of allylic oxidation sites excluding steroid dienone is 4. The summed E-state index contributed by atoms with van der Waals surface area (Å²) >= 11 is 1.86. The first-order chi connectivity index (χ1) is 19.8. The SMILES string of the molecule is C1=CC2=[N+](c3ccc4sc5ccccc5c4c3)c3cccc4c5cc6c(cc5n(c34)C2C=C1)oc1ccccc16. The third kappa shape index (κ3) is 2.57. The number of para-hydroxylation sites is 2. The molecule has 1 atom stereocenters. The van der Waals surface area contributed by atoms with Crippen molar-refractivity contribution in [1.82, 2.24) is 9.14 Å². The second-order valence-electron chi connectivity index (χ2n) is 10.7. The van der Waals surface area contributed by atoms with Gasteiger partial charge in [-0.3, -0.25) is 0 Å². The molecule has 0 N–H and O–H groups in total. The number of hydrogen-bond acceptors (Lipinski definition) is 2. The van der Waals surface area contributed by atoms with Gasteiger partial charge in [0.15, 0.2) is 0 Å². The summed E-state index contributed by atoms with van der Waals surface area (Å²) in [7, 11) is 0. The van der Waals surface area contributed by atoms with Crippen molar-refractivity contribution in [1.29, 1.82) is 0 Å². The zero-order valence-corrected chi connectivity index (χ0v) is 22.2. The van der Waals surface area contributed by atoms with Gasteiger partial charge in [0.1, 0.15) is 22.7 Å². The van der Waals surface area contributed by atoms with E-state index in [9.17, 15) is 0 Å². The molecule has 0 bridgehead atoms. The average Bonchev–Trinajstić information content (AvgIpc) is 3.66. The van der Waals surface area contributed by atoms with Gasteiger partial charge >= 0.3 is 0 Å². The maximum absolute atomic E-state index is 6.34. The minimum Gasteiger partial charge on any atom is -0.456 e. The molecule has 5 aromatic carbocycles. The van der Waals surface area contributed by atoms with Gasteiger partial charge in [-0.05, 0) is 24.3 Å². The van der Waals surface area contributed by atoms with Gasteiger partial charge < -0.3 is 8.98 Å². The highest BCUT2D eigenvalue weighted by molar-refractivity contribution is 7.25. The molecule has 4 heterocycles. The number of fused-ring (bicyclic) bond motifs is 11. The van der Waals surface area contributed by atoms with Gasteiger partial charge in [-0.2, -0.15) is 4.58 Å². The van der Waals surface area contributed by atoms with Crippen LogP contribution in [-0.2, 0) is 0 Å². The fourth-order valence-electron chi connectivity index (χ4n) is 6.99. The molecule has 3 nitrogen and oxygen atoms in total. The highest BCUT2D eigenvalue weighted by atomic mass is 32.1. The molecule has 0 spiro atoms. The molecule has 0 saturated heterocycles. The number of furan rings is 1. The van der Waals surface area contributed by atoms with Crippen molar-refractivity contribution in [3.8, 4) is 0 Å². The lowest BCUT2D eigenvalue weighted by molar-refractivity contribution is 0.669. The summed E-state index contributed by atoms with van der Waals surface area (Å²) in [6, 6.07) is 35.4. The fourth-order valence-corrected chi connectivity index (χ4v) is 8.08. The van der Waals surface area contributed by atoms with Gasteiger partial charge in [0.2, 0.25) is 17.1 Å². The zero-order valence-electron chi connectivity index (χ0n) is 21.3. The molecule has 1 aliphatic carbocycles. The van der Waals surface area contributed by atoms with Crippen LogP contribution < -0.4 is 4.58 Å². The van der Waals surface area contributed by atoms with Crippen LogP contribution in [0.5, 0.6) is 0 Å². The Kier molecular flexibility index (Phi) is 3.87. The highest BCUT2D eigenvalue weighted by Gasteiger charge is 2.37. The summed E-state index contributed by atoms with van der Waals surface area (Å²) in [6.07, 6.45) is 8.92. The van der Waals surface area contributed by atoms with E-state index in [4.69, 9.17) is 4.42 Å². The topological polar surface area (TPSA) is 21.1 Å². The van der Waals surface area contributed by atoms with E-state index in [1.165, 1.54) is 64.5 Å². The zero-order chi connectivity index (χ0) is 25.9. The monoisotopic (exact) mass is 529 g/mol. The molecule has 0 radical (unpaired) electrons. The van der Waals surface area contributed by atoms with Crippen molar-refractivity contribution in [2.24, 2.45) is 0 Å². The van der Waals surface area contributed by atoms with Gasteiger partial charge in [0, 0.05) is 72.1 Å². The molecule has 0 amide bonds. The quantitative estimate of drug-likeness (QED) is 0.194. The first-order valence-corrected chi connectivity index (χ1v) is 14.5. The first kappa shape index (κ1) is 21.0. The third-order valence-electron chi connectivity index (χ3n) is 8.67. The third-order valence-corrected chi connectivity index (χ3v) is 9.82. The Morgan fingerprint density at radius 1 is 0.650 bits per heavy atom. The Morgan fingerprint density at radius 2 is 1.50 bits per heavy atom. The number of thiophene rings is 1. The summed E-state index contributed by atoms with van der Waals surface area (Å²) in [6.45, 7) is 0. The van der Waals surface area contributed by atoms with E-state index >= 15 is 0 Å². The molecule has 0 fully saturated rings. The molecule has 2 aliphatic rings. The highest BCUT2D eigenvalue weighted by Crippen LogP contribution is 2.46. The molecule has 3 aromatic heterocycles. The average molecular weight is 530 g/mol. The second-order valence-corrected chi connectivity index (χ2v) is 11.8. The first-order valence-electron chi connectivity index (χ1n) is 13.6. The Hall–Kier alpha value is -4.93. The summed E-state index contributed by atoms with van der Waals surface area (Å²) in [5.41, 5.74) is 7.99. The van der Waals surface area contributed by atoms with Gasteiger partial charge in [0.05, 0.1) is 5.52 Å². The lowest BCUT2D eigenvalue weighted by Crippen LogP contribution is -2.30. The van der Waals surface area contributed by atoms with E-state index in [2.05, 4.69) is 124 Å². The Balaban J connectivity index is 1.32. The Morgan fingerprint density at radius 3 is 2.48 bits per heavy atom. The van der Waals surface area contributed by atoms with Crippen LogP contribution >= 0.6 is 11.3 Å². The number of aromatic nitrogens is 1. The molecule has 40 heavy (non-hydrogen) atoms. The standard InChI is InChI=1S/C36H21N2OS/c1-5-14-32-22(8-1)26-19-25-24-10-7-13-30-36(24)38(31(25)20-33(26)39-32)29-12-4-3-11-28(29)37(30)21-16-17-35-27(18-21)23-9-2-6-15-34(23)40-35/h1-20,29H/q+1. The smallest absolute Gasteiger partial charge is 0.235 e. The predicted octanol–water partition coefficient (Wildman–Crippen LogP) is 10.0. The lowest BCUT2D eigenvalue weighted by Gasteiger charge is -2.24.